The molecule has 3 aromatic carbocycles. The second-order valence-corrected chi connectivity index (χ2v) is 8.89. The highest BCUT2D eigenvalue weighted by Gasteiger charge is 2.30. The topological polar surface area (TPSA) is 75.8 Å². The third-order valence-electron chi connectivity index (χ3n) is 5.69. The molecular formula is C27H25F3N2O4. The molecule has 0 aliphatic rings. The minimum Gasteiger partial charge on any atom is -0.478 e. The third kappa shape index (κ3) is 5.97. The number of halogens is 3. The van der Waals surface area contributed by atoms with Crippen molar-refractivity contribution in [2.45, 2.75) is 38.6 Å². The van der Waals surface area contributed by atoms with E-state index in [9.17, 15) is 23.1 Å². The molecule has 0 unspecified atom stereocenters. The summed E-state index contributed by atoms with van der Waals surface area (Å²) in [6, 6.07) is 19.8. The summed E-state index contributed by atoms with van der Waals surface area (Å²) in [5, 5.41) is 9.24. The first-order chi connectivity index (χ1) is 17.0. The van der Waals surface area contributed by atoms with Gasteiger partial charge in [0.15, 0.2) is 11.2 Å². The molecule has 188 valence electrons. The number of aliphatic carboxylic acids is 1. The smallest absolute Gasteiger partial charge is 0.416 e. The molecule has 0 bridgehead atoms. The van der Waals surface area contributed by atoms with E-state index in [1.54, 1.807) is 18.2 Å². The maximum absolute atomic E-state index is 13.0. The summed E-state index contributed by atoms with van der Waals surface area (Å²) in [4.78, 5) is 17.7. The van der Waals surface area contributed by atoms with Crippen molar-refractivity contribution >= 4 is 23.1 Å². The maximum atomic E-state index is 13.0. The van der Waals surface area contributed by atoms with Crippen LogP contribution in [0.25, 0.3) is 11.1 Å². The van der Waals surface area contributed by atoms with Gasteiger partial charge in [0.2, 0.25) is 0 Å². The van der Waals surface area contributed by atoms with Gasteiger partial charge in [0.05, 0.1) is 5.56 Å². The highest BCUT2D eigenvalue weighted by Crippen LogP contribution is 2.30. The number of ether oxygens (including phenoxy) is 1. The van der Waals surface area contributed by atoms with Crippen LogP contribution in [0.15, 0.2) is 77.2 Å². The van der Waals surface area contributed by atoms with Crippen molar-refractivity contribution in [1.29, 1.82) is 0 Å². The highest BCUT2D eigenvalue weighted by molar-refractivity contribution is 5.76. The zero-order valence-corrected chi connectivity index (χ0v) is 19.7. The van der Waals surface area contributed by atoms with Gasteiger partial charge in [-0.2, -0.15) is 18.2 Å². The Morgan fingerprint density at radius 1 is 0.972 bits per heavy atom. The summed E-state index contributed by atoms with van der Waals surface area (Å²) in [6.07, 6.45) is -3.81. The molecule has 0 atom stereocenters. The Morgan fingerprint density at radius 3 is 2.22 bits per heavy atom. The van der Waals surface area contributed by atoms with E-state index in [1.807, 2.05) is 35.2 Å². The zero-order chi connectivity index (χ0) is 25.9. The molecule has 0 radical (unpaired) electrons. The standard InChI is InChI=1S/C27H25F3N2O4/c1-26(2,24(33)34)36-21-13-9-18(10-14-21)15-16-32(25-31-22-5-3-4-6-23(22)35-25)17-19-7-11-20(12-8-19)27(28,29)30/h3-14H,15-17H2,1-2H3,(H,33,34). The minimum absolute atomic E-state index is 0.305. The van der Waals surface area contributed by atoms with Crippen LogP contribution in [-0.2, 0) is 23.9 Å². The predicted octanol–water partition coefficient (Wildman–Crippen LogP) is 6.34. The Hall–Kier alpha value is -4.01. The number of alkyl halides is 3. The lowest BCUT2D eigenvalue weighted by atomic mass is 10.1. The molecule has 0 fully saturated rings. The average molecular weight is 499 g/mol. The number of anilines is 1. The summed E-state index contributed by atoms with van der Waals surface area (Å²) in [5.41, 5.74) is 0.898. The van der Waals surface area contributed by atoms with E-state index in [4.69, 9.17) is 9.15 Å². The molecular weight excluding hydrogens is 473 g/mol. The number of nitrogens with zero attached hydrogens (tertiary/aromatic N) is 2. The Balaban J connectivity index is 1.51. The Bertz CT molecular complexity index is 1300. The molecule has 4 aromatic rings. The number of rotatable bonds is 9. The molecule has 0 amide bonds. The largest absolute Gasteiger partial charge is 0.478 e. The van der Waals surface area contributed by atoms with Gasteiger partial charge in [-0.05, 0) is 67.8 Å². The predicted molar refractivity (Wildman–Crippen MR) is 129 cm³/mol. The van der Waals surface area contributed by atoms with E-state index in [-0.39, 0.29) is 0 Å². The number of fused-ring (bicyclic) bond motifs is 1. The van der Waals surface area contributed by atoms with Crippen LogP contribution in [0.3, 0.4) is 0 Å². The van der Waals surface area contributed by atoms with Crippen molar-refractivity contribution in [3.63, 3.8) is 0 Å². The number of carboxylic acids is 1. The lowest BCUT2D eigenvalue weighted by Crippen LogP contribution is -2.37. The zero-order valence-electron chi connectivity index (χ0n) is 19.7. The summed E-state index contributed by atoms with van der Waals surface area (Å²) < 4.78 is 50.3. The van der Waals surface area contributed by atoms with Gasteiger partial charge in [0.1, 0.15) is 11.3 Å². The van der Waals surface area contributed by atoms with Crippen LogP contribution in [0.4, 0.5) is 19.2 Å². The molecule has 0 spiro atoms. The van der Waals surface area contributed by atoms with E-state index in [0.29, 0.717) is 47.9 Å². The van der Waals surface area contributed by atoms with E-state index >= 15 is 0 Å². The van der Waals surface area contributed by atoms with Gasteiger partial charge in [-0.3, -0.25) is 0 Å². The Morgan fingerprint density at radius 2 is 1.61 bits per heavy atom. The first-order valence-electron chi connectivity index (χ1n) is 11.3. The van der Waals surface area contributed by atoms with Gasteiger partial charge in [-0.1, -0.05) is 36.4 Å². The molecule has 36 heavy (non-hydrogen) atoms. The Labute approximate surface area is 205 Å². The lowest BCUT2D eigenvalue weighted by molar-refractivity contribution is -0.152. The monoisotopic (exact) mass is 498 g/mol. The van der Waals surface area contributed by atoms with Crippen LogP contribution in [0, 0.1) is 0 Å². The normalized spacial score (nSPS) is 12.0. The van der Waals surface area contributed by atoms with Gasteiger partial charge in [0, 0.05) is 13.1 Å². The number of aromatic nitrogens is 1. The van der Waals surface area contributed by atoms with Gasteiger partial charge in [0.25, 0.3) is 6.01 Å². The van der Waals surface area contributed by atoms with E-state index in [0.717, 1.165) is 17.7 Å². The van der Waals surface area contributed by atoms with Crippen molar-refractivity contribution in [2.75, 3.05) is 11.4 Å². The van der Waals surface area contributed by atoms with Crippen molar-refractivity contribution in [3.05, 3.63) is 89.5 Å². The fourth-order valence-electron chi connectivity index (χ4n) is 3.58. The van der Waals surface area contributed by atoms with Gasteiger partial charge < -0.3 is 19.2 Å². The molecule has 0 aliphatic carbocycles. The van der Waals surface area contributed by atoms with E-state index in [2.05, 4.69) is 4.98 Å². The summed E-state index contributed by atoms with van der Waals surface area (Å²) >= 11 is 0. The number of benzene rings is 3. The highest BCUT2D eigenvalue weighted by atomic mass is 19.4. The summed E-state index contributed by atoms with van der Waals surface area (Å²) in [7, 11) is 0. The van der Waals surface area contributed by atoms with E-state index < -0.39 is 23.3 Å². The third-order valence-corrected chi connectivity index (χ3v) is 5.69. The molecule has 0 aliphatic heterocycles. The number of carbonyl (C=O) groups is 1. The molecule has 1 heterocycles. The van der Waals surface area contributed by atoms with Gasteiger partial charge in [-0.15, -0.1) is 0 Å². The molecule has 4 rings (SSSR count). The fraction of sp³-hybridized carbons (Fsp3) is 0.259. The molecule has 0 saturated heterocycles. The SMILES string of the molecule is CC(C)(Oc1ccc(CCN(Cc2ccc(C(F)(F)F)cc2)c2nc3ccccc3o2)cc1)C(=O)O. The van der Waals surface area contributed by atoms with Crippen molar-refractivity contribution in [3.8, 4) is 5.75 Å². The van der Waals surface area contributed by atoms with Crippen molar-refractivity contribution < 1.29 is 32.2 Å². The second-order valence-electron chi connectivity index (χ2n) is 8.89. The average Bonchev–Trinajstić information content (AvgIpc) is 3.26. The number of hydrogen-bond acceptors (Lipinski definition) is 5. The fourth-order valence-corrected chi connectivity index (χ4v) is 3.58. The van der Waals surface area contributed by atoms with Crippen LogP contribution in [0.2, 0.25) is 0 Å². The Kier molecular flexibility index (Phi) is 6.92. The summed E-state index contributed by atoms with van der Waals surface area (Å²) in [6.45, 7) is 3.74. The lowest BCUT2D eigenvalue weighted by Gasteiger charge is -2.22. The van der Waals surface area contributed by atoms with E-state index in [1.165, 1.54) is 26.0 Å². The quantitative estimate of drug-likeness (QED) is 0.290. The maximum Gasteiger partial charge on any atom is 0.416 e. The van der Waals surface area contributed by atoms with Gasteiger partial charge >= 0.3 is 12.1 Å². The van der Waals surface area contributed by atoms with Crippen molar-refractivity contribution in [2.24, 2.45) is 0 Å². The summed E-state index contributed by atoms with van der Waals surface area (Å²) in [5.74, 6) is -0.629. The van der Waals surface area contributed by atoms with Crippen LogP contribution in [0.5, 0.6) is 5.75 Å². The van der Waals surface area contributed by atoms with Crippen LogP contribution >= 0.6 is 0 Å². The molecule has 9 heteroatoms. The van der Waals surface area contributed by atoms with Gasteiger partial charge in [-0.25, -0.2) is 4.79 Å². The number of para-hydroxylation sites is 2. The first-order valence-corrected chi connectivity index (χ1v) is 11.3. The van der Waals surface area contributed by atoms with Crippen LogP contribution < -0.4 is 9.64 Å². The minimum atomic E-state index is -4.39. The second kappa shape index (κ2) is 9.93. The number of hydrogen-bond donors (Lipinski definition) is 1. The molecule has 6 nitrogen and oxygen atoms in total. The van der Waals surface area contributed by atoms with Crippen LogP contribution in [-0.4, -0.2) is 28.2 Å². The number of carboxylic acid groups (broad SMARTS) is 1. The number of oxazole rings is 1. The molecule has 0 saturated carbocycles. The van der Waals surface area contributed by atoms with Crippen LogP contribution in [0.1, 0.15) is 30.5 Å². The molecule has 1 aromatic heterocycles. The molecule has 1 N–H and O–H groups in total. The van der Waals surface area contributed by atoms with Crippen molar-refractivity contribution in [1.82, 2.24) is 4.98 Å². The first kappa shape index (κ1) is 25.1.